The summed E-state index contributed by atoms with van der Waals surface area (Å²) in [4.78, 5) is 7.88. The Morgan fingerprint density at radius 1 is 0.312 bits per heavy atom. The van der Waals surface area contributed by atoms with E-state index in [-0.39, 0.29) is 0 Å². The number of anilines is 3. The minimum Gasteiger partial charge on any atom is -0.310 e. The van der Waals surface area contributed by atoms with Crippen molar-refractivity contribution in [1.29, 1.82) is 0 Å². The van der Waals surface area contributed by atoms with Crippen molar-refractivity contribution in [2.75, 3.05) is 4.90 Å². The molecule has 13 rings (SSSR count). The second-order valence-corrected chi connectivity index (χ2v) is 16.9. The first-order valence-corrected chi connectivity index (χ1v) is 22.1. The van der Waals surface area contributed by atoms with Gasteiger partial charge in [0.25, 0.3) is 0 Å². The third kappa shape index (κ3) is 5.23. The molecule has 1 aliphatic carbocycles. The fourth-order valence-corrected chi connectivity index (χ4v) is 11.1. The summed E-state index contributed by atoms with van der Waals surface area (Å²) in [6.07, 6.45) is 2.10. The predicted molar refractivity (Wildman–Crippen MR) is 267 cm³/mol. The highest BCUT2D eigenvalue weighted by Gasteiger charge is 2.52. The first-order valence-electron chi connectivity index (χ1n) is 22.1. The Morgan fingerprint density at radius 2 is 0.766 bits per heavy atom. The fraction of sp³-hybridized carbons (Fsp3) is 0.0161. The van der Waals surface area contributed by atoms with E-state index in [2.05, 4.69) is 248 Å². The van der Waals surface area contributed by atoms with Crippen molar-refractivity contribution in [2.45, 2.75) is 5.41 Å². The van der Waals surface area contributed by atoms with Crippen molar-refractivity contribution < 1.29 is 0 Å². The topological polar surface area (TPSA) is 16.1 Å². The van der Waals surface area contributed by atoms with E-state index in [0.29, 0.717) is 0 Å². The van der Waals surface area contributed by atoms with E-state index in [4.69, 9.17) is 4.98 Å². The fourth-order valence-electron chi connectivity index (χ4n) is 11.1. The molecule has 0 fully saturated rings. The van der Waals surface area contributed by atoms with Crippen molar-refractivity contribution in [3.63, 3.8) is 0 Å². The van der Waals surface area contributed by atoms with E-state index in [1.54, 1.807) is 0 Å². The van der Waals surface area contributed by atoms with Crippen LogP contribution in [-0.2, 0) is 5.41 Å². The minimum absolute atomic E-state index is 0.580. The van der Waals surface area contributed by atoms with Gasteiger partial charge in [0.2, 0.25) is 0 Å². The molecule has 298 valence electrons. The molecule has 2 aliphatic rings. The van der Waals surface area contributed by atoms with Gasteiger partial charge in [-0.15, -0.1) is 0 Å². The van der Waals surface area contributed by atoms with Gasteiger partial charge in [-0.25, -0.2) is 0 Å². The van der Waals surface area contributed by atoms with Gasteiger partial charge in [-0.3, -0.25) is 4.98 Å². The molecule has 0 radical (unpaired) electrons. The van der Waals surface area contributed by atoms with E-state index < -0.39 is 5.41 Å². The Hall–Kier alpha value is -8.33. The van der Waals surface area contributed by atoms with Gasteiger partial charge in [0.05, 0.1) is 22.5 Å². The minimum atomic E-state index is -0.580. The molecule has 11 aromatic rings. The zero-order valence-corrected chi connectivity index (χ0v) is 35.0. The van der Waals surface area contributed by atoms with E-state index >= 15 is 0 Å². The number of rotatable bonds is 5. The first kappa shape index (κ1) is 36.3. The quantitative estimate of drug-likeness (QED) is 0.161. The average Bonchev–Trinajstić information content (AvgIpc) is 3.67. The van der Waals surface area contributed by atoms with Crippen molar-refractivity contribution in [3.8, 4) is 55.8 Å². The van der Waals surface area contributed by atoms with E-state index in [1.807, 2.05) is 0 Å². The molecule has 64 heavy (non-hydrogen) atoms. The van der Waals surface area contributed by atoms with Gasteiger partial charge >= 0.3 is 0 Å². The Balaban J connectivity index is 0.996. The van der Waals surface area contributed by atoms with Gasteiger partial charge in [-0.05, 0) is 113 Å². The second kappa shape index (κ2) is 14.4. The molecule has 2 nitrogen and oxygen atoms in total. The normalized spacial score (nSPS) is 13.1. The molecule has 0 atom stereocenters. The highest BCUT2D eigenvalue weighted by molar-refractivity contribution is 6.21. The van der Waals surface area contributed by atoms with Crippen LogP contribution in [0.2, 0.25) is 0 Å². The summed E-state index contributed by atoms with van der Waals surface area (Å²) >= 11 is 0. The van der Waals surface area contributed by atoms with Gasteiger partial charge in [-0.1, -0.05) is 206 Å². The highest BCUT2D eigenvalue weighted by Crippen LogP contribution is 2.64. The molecule has 10 aromatic carbocycles. The second-order valence-electron chi connectivity index (χ2n) is 16.9. The third-order valence-corrected chi connectivity index (χ3v) is 13.7. The molecule has 2 heteroatoms. The van der Waals surface area contributed by atoms with Crippen LogP contribution in [0.1, 0.15) is 22.3 Å². The maximum atomic E-state index is 5.44. The molecule has 0 amide bonds. The molecule has 2 heterocycles. The number of hydrogen-bond donors (Lipinski definition) is 0. The number of aromatic nitrogens is 1. The lowest BCUT2D eigenvalue weighted by Gasteiger charge is -2.45. The summed E-state index contributed by atoms with van der Waals surface area (Å²) in [6, 6.07) is 86.5. The van der Waals surface area contributed by atoms with Crippen LogP contribution in [0.15, 0.2) is 243 Å². The lowest BCUT2D eigenvalue weighted by molar-refractivity contribution is 0.754. The molecule has 0 bridgehead atoms. The van der Waals surface area contributed by atoms with Crippen molar-refractivity contribution >= 4 is 38.6 Å². The van der Waals surface area contributed by atoms with Crippen LogP contribution >= 0.6 is 0 Å². The zero-order valence-electron chi connectivity index (χ0n) is 35.0. The number of para-hydroxylation sites is 3. The molecule has 1 aromatic heterocycles. The predicted octanol–water partition coefficient (Wildman–Crippen LogP) is 16.2. The summed E-state index contributed by atoms with van der Waals surface area (Å²) in [6.45, 7) is 0. The van der Waals surface area contributed by atoms with Crippen LogP contribution in [0.5, 0.6) is 0 Å². The van der Waals surface area contributed by atoms with Crippen molar-refractivity contribution in [2.24, 2.45) is 0 Å². The summed E-state index contributed by atoms with van der Waals surface area (Å²) in [5.41, 5.74) is 19.8. The summed E-state index contributed by atoms with van der Waals surface area (Å²) in [7, 11) is 0. The lowest BCUT2D eigenvalue weighted by Crippen LogP contribution is -2.36. The average molecular weight is 813 g/mol. The highest BCUT2D eigenvalue weighted by atomic mass is 15.2. The monoisotopic (exact) mass is 812 g/mol. The Morgan fingerprint density at radius 3 is 1.38 bits per heavy atom. The molecule has 1 spiro atoms. The Labute approximate surface area is 373 Å². The standard InChI is InChI=1S/C62H40N2/c1-3-18-41(19-4-1)42-34-36-43(37-35-42)59-47-23-7-9-25-49(47)60(50-26-10-8-24-48(50)59)44-38-39-56(63-40-44)52-28-17-27-51-46-22-11-12-29-53(46)62(61(51)52)54-30-13-15-32-57(54)64(45-20-5-2-6-21-45)58-33-16-14-31-55(58)62/h1-40H. The first-order chi connectivity index (χ1) is 31.8. The van der Waals surface area contributed by atoms with E-state index in [0.717, 1.165) is 22.5 Å². The molecule has 0 unspecified atom stereocenters. The number of hydrogen-bond acceptors (Lipinski definition) is 2. The van der Waals surface area contributed by atoms with Crippen LogP contribution < -0.4 is 4.90 Å². The lowest BCUT2D eigenvalue weighted by atomic mass is 9.63. The van der Waals surface area contributed by atoms with Crippen LogP contribution in [0.25, 0.3) is 77.3 Å². The molecule has 0 N–H and O–H groups in total. The van der Waals surface area contributed by atoms with Gasteiger partial charge < -0.3 is 4.90 Å². The maximum absolute atomic E-state index is 5.44. The van der Waals surface area contributed by atoms with E-state index in [9.17, 15) is 0 Å². The number of fused-ring (bicyclic) bond motifs is 11. The summed E-state index contributed by atoms with van der Waals surface area (Å²) in [5, 5.41) is 4.89. The largest absolute Gasteiger partial charge is 0.310 e. The van der Waals surface area contributed by atoms with Crippen LogP contribution in [-0.4, -0.2) is 4.98 Å². The van der Waals surface area contributed by atoms with Crippen LogP contribution in [0, 0.1) is 0 Å². The zero-order chi connectivity index (χ0) is 42.2. The van der Waals surface area contributed by atoms with Gasteiger partial charge in [0.1, 0.15) is 0 Å². The van der Waals surface area contributed by atoms with Crippen molar-refractivity contribution in [1.82, 2.24) is 4.98 Å². The van der Waals surface area contributed by atoms with Crippen LogP contribution in [0.4, 0.5) is 17.1 Å². The number of nitrogens with zero attached hydrogens (tertiary/aromatic N) is 2. The molecule has 0 saturated carbocycles. The smallest absolute Gasteiger partial charge is 0.0760 e. The Kier molecular flexibility index (Phi) is 8.16. The molecule has 1 aliphatic heterocycles. The third-order valence-electron chi connectivity index (χ3n) is 13.7. The summed E-state index contributed by atoms with van der Waals surface area (Å²) in [5.74, 6) is 0. The van der Waals surface area contributed by atoms with Crippen LogP contribution in [0.3, 0.4) is 0 Å². The van der Waals surface area contributed by atoms with Crippen molar-refractivity contribution in [3.05, 3.63) is 265 Å². The molecule has 0 saturated heterocycles. The summed E-state index contributed by atoms with van der Waals surface area (Å²) < 4.78 is 0. The number of pyridine rings is 1. The van der Waals surface area contributed by atoms with Gasteiger partial charge in [-0.2, -0.15) is 0 Å². The van der Waals surface area contributed by atoms with Gasteiger partial charge in [0.15, 0.2) is 0 Å². The maximum Gasteiger partial charge on any atom is 0.0760 e. The number of benzene rings is 10. The molecular formula is C62H40N2. The van der Waals surface area contributed by atoms with Gasteiger partial charge in [0, 0.05) is 23.0 Å². The van der Waals surface area contributed by atoms with E-state index in [1.165, 1.54) is 94.1 Å². The Bertz CT molecular complexity index is 3490. The SMILES string of the molecule is c1ccc(-c2ccc(-c3c4ccccc4c(-c4ccc(-c5cccc6c5C5(c7ccccc7-6)c6ccccc6N(c6ccccc6)c6ccccc65)nc4)c4ccccc34)cc2)cc1. The molecular weight excluding hydrogens is 773 g/mol.